The van der Waals surface area contributed by atoms with E-state index < -0.39 is 10.0 Å². The lowest BCUT2D eigenvalue weighted by molar-refractivity contribution is 0.0376. The summed E-state index contributed by atoms with van der Waals surface area (Å²) in [5.41, 5.74) is 1.17. The minimum atomic E-state index is -3.92. The third-order valence-corrected chi connectivity index (χ3v) is 9.38. The van der Waals surface area contributed by atoms with Gasteiger partial charge >= 0.3 is 0 Å². The highest BCUT2D eigenvalue weighted by Gasteiger charge is 2.26. The van der Waals surface area contributed by atoms with Crippen LogP contribution in [0.5, 0.6) is 0 Å². The van der Waals surface area contributed by atoms with Crippen molar-refractivity contribution in [3.63, 3.8) is 0 Å². The van der Waals surface area contributed by atoms with Crippen molar-refractivity contribution in [2.24, 2.45) is 0 Å². The van der Waals surface area contributed by atoms with Gasteiger partial charge < -0.3 is 4.74 Å². The standard InChI is InChI=1S/C27H30N6O4S2/c28-12-3-15-32(16-4-13-29)39(35,36)23-10-8-22(9-11-23)26(34)33(17-5-14-31-18-20-37-21-19-31)27-30-24-6-1-2-7-25(24)38-27/h1-2,6-11H,3-5,14-21H2. The van der Waals surface area contributed by atoms with E-state index >= 15 is 0 Å². The number of aromatic nitrogens is 1. The van der Waals surface area contributed by atoms with E-state index in [1.165, 1.54) is 35.6 Å². The number of carbonyl (C=O) groups is 1. The molecule has 0 aliphatic carbocycles. The van der Waals surface area contributed by atoms with Gasteiger partial charge in [0.1, 0.15) is 0 Å². The second kappa shape index (κ2) is 13.6. The fourth-order valence-corrected chi connectivity index (χ4v) is 6.74. The number of sulfonamides is 1. The van der Waals surface area contributed by atoms with Crippen molar-refractivity contribution in [1.29, 1.82) is 10.5 Å². The van der Waals surface area contributed by atoms with Gasteiger partial charge in [0.25, 0.3) is 5.91 Å². The van der Waals surface area contributed by atoms with Crippen LogP contribution in [0.2, 0.25) is 0 Å². The van der Waals surface area contributed by atoms with Crippen LogP contribution in [0.4, 0.5) is 5.13 Å². The number of para-hydroxylation sites is 1. The molecule has 1 fully saturated rings. The molecule has 12 heteroatoms. The number of nitriles is 2. The predicted molar refractivity (Wildman–Crippen MR) is 149 cm³/mol. The topological polar surface area (TPSA) is 131 Å². The summed E-state index contributed by atoms with van der Waals surface area (Å²) in [7, 11) is -3.92. The maximum absolute atomic E-state index is 13.7. The van der Waals surface area contributed by atoms with E-state index in [-0.39, 0.29) is 36.7 Å². The summed E-state index contributed by atoms with van der Waals surface area (Å²) in [6.07, 6.45) is 0.784. The molecule has 1 aliphatic heterocycles. The van der Waals surface area contributed by atoms with E-state index in [1.807, 2.05) is 36.4 Å². The highest BCUT2D eigenvalue weighted by molar-refractivity contribution is 7.89. The monoisotopic (exact) mass is 566 g/mol. The smallest absolute Gasteiger partial charge is 0.260 e. The Hall–Kier alpha value is -3.39. The Balaban J connectivity index is 1.55. The number of hydrogen-bond acceptors (Lipinski definition) is 9. The molecule has 0 bridgehead atoms. The summed E-state index contributed by atoms with van der Waals surface area (Å²) in [6, 6.07) is 17.4. The quantitative estimate of drug-likeness (QED) is 0.326. The van der Waals surface area contributed by atoms with Crippen LogP contribution >= 0.6 is 11.3 Å². The Morgan fingerprint density at radius 1 is 1.00 bits per heavy atom. The molecule has 1 aliphatic rings. The third kappa shape index (κ3) is 7.18. The summed E-state index contributed by atoms with van der Waals surface area (Å²) in [5.74, 6) is -0.259. The van der Waals surface area contributed by atoms with Crippen LogP contribution in [-0.4, -0.2) is 81.0 Å². The van der Waals surface area contributed by atoms with Crippen LogP contribution in [0.3, 0.4) is 0 Å². The Morgan fingerprint density at radius 2 is 1.67 bits per heavy atom. The van der Waals surface area contributed by atoms with Gasteiger partial charge in [-0.3, -0.25) is 14.6 Å². The van der Waals surface area contributed by atoms with Gasteiger partial charge in [-0.25, -0.2) is 13.4 Å². The van der Waals surface area contributed by atoms with Crippen LogP contribution in [0.1, 0.15) is 29.6 Å². The number of carbonyl (C=O) groups excluding carboxylic acids is 1. The maximum atomic E-state index is 13.7. The van der Waals surface area contributed by atoms with Crippen LogP contribution in [-0.2, 0) is 14.8 Å². The molecule has 204 valence electrons. The fraction of sp³-hybridized carbons (Fsp3) is 0.407. The van der Waals surface area contributed by atoms with Gasteiger partial charge in [-0.05, 0) is 42.8 Å². The molecule has 3 aromatic rings. The Morgan fingerprint density at radius 3 is 2.31 bits per heavy atom. The molecule has 1 amide bonds. The zero-order valence-electron chi connectivity index (χ0n) is 21.5. The van der Waals surface area contributed by atoms with E-state index in [2.05, 4.69) is 4.90 Å². The fourth-order valence-electron chi connectivity index (χ4n) is 4.31. The molecule has 0 N–H and O–H groups in total. The second-order valence-corrected chi connectivity index (χ2v) is 11.9. The number of fused-ring (bicyclic) bond motifs is 1. The van der Waals surface area contributed by atoms with E-state index in [9.17, 15) is 13.2 Å². The van der Waals surface area contributed by atoms with E-state index in [0.29, 0.717) is 30.5 Å². The minimum Gasteiger partial charge on any atom is -0.379 e. The number of rotatable bonds is 12. The Kier molecular flexibility index (Phi) is 9.98. The van der Waals surface area contributed by atoms with Gasteiger partial charge in [-0.2, -0.15) is 14.8 Å². The van der Waals surface area contributed by atoms with Crippen LogP contribution in [0.25, 0.3) is 10.2 Å². The SMILES string of the molecule is N#CCCN(CCC#N)S(=O)(=O)c1ccc(C(=O)N(CCCN2CCOCC2)c2nc3ccccc3s2)cc1. The van der Waals surface area contributed by atoms with E-state index in [4.69, 9.17) is 20.2 Å². The highest BCUT2D eigenvalue weighted by atomic mass is 32.2. The average Bonchev–Trinajstić information content (AvgIpc) is 3.39. The normalized spacial score (nSPS) is 14.2. The lowest BCUT2D eigenvalue weighted by Gasteiger charge is -2.27. The molecule has 0 unspecified atom stereocenters. The lowest BCUT2D eigenvalue weighted by Crippen LogP contribution is -2.39. The van der Waals surface area contributed by atoms with Crippen molar-refractivity contribution in [3.8, 4) is 12.1 Å². The number of nitrogens with zero attached hydrogens (tertiary/aromatic N) is 6. The van der Waals surface area contributed by atoms with Crippen molar-refractivity contribution in [1.82, 2.24) is 14.2 Å². The first-order valence-corrected chi connectivity index (χ1v) is 15.0. The van der Waals surface area contributed by atoms with Crippen molar-refractivity contribution in [3.05, 3.63) is 54.1 Å². The van der Waals surface area contributed by atoms with Crippen LogP contribution in [0.15, 0.2) is 53.4 Å². The second-order valence-electron chi connectivity index (χ2n) is 8.97. The summed E-state index contributed by atoms with van der Waals surface area (Å²) in [4.78, 5) is 22.4. The van der Waals surface area contributed by atoms with Gasteiger partial charge in [0, 0.05) is 57.7 Å². The molecule has 10 nitrogen and oxygen atoms in total. The predicted octanol–water partition coefficient (Wildman–Crippen LogP) is 3.48. The van der Waals surface area contributed by atoms with Gasteiger partial charge in [0.15, 0.2) is 5.13 Å². The number of morpholine rings is 1. The molecule has 4 rings (SSSR count). The molecule has 0 atom stereocenters. The van der Waals surface area contributed by atoms with Crippen molar-refractivity contribution in [2.75, 3.05) is 57.4 Å². The molecule has 0 saturated carbocycles. The first kappa shape index (κ1) is 28.6. The van der Waals surface area contributed by atoms with Gasteiger partial charge in [-0.15, -0.1) is 0 Å². The lowest BCUT2D eigenvalue weighted by atomic mass is 10.2. The van der Waals surface area contributed by atoms with Crippen LogP contribution < -0.4 is 4.90 Å². The van der Waals surface area contributed by atoms with Crippen molar-refractivity contribution < 1.29 is 17.9 Å². The molecular weight excluding hydrogens is 536 g/mol. The number of benzene rings is 2. The first-order valence-electron chi connectivity index (χ1n) is 12.8. The molecule has 1 aromatic heterocycles. The molecule has 2 heterocycles. The van der Waals surface area contributed by atoms with E-state index in [0.717, 1.165) is 40.6 Å². The summed E-state index contributed by atoms with van der Waals surface area (Å²) in [5, 5.41) is 18.4. The molecule has 0 radical (unpaired) electrons. The molecule has 2 aromatic carbocycles. The summed E-state index contributed by atoms with van der Waals surface area (Å²) < 4.78 is 33.9. The van der Waals surface area contributed by atoms with E-state index in [1.54, 1.807) is 4.90 Å². The molecular formula is C27H30N6O4S2. The molecule has 0 spiro atoms. The van der Waals surface area contributed by atoms with Crippen molar-refractivity contribution >= 4 is 42.6 Å². The van der Waals surface area contributed by atoms with Gasteiger partial charge in [-0.1, -0.05) is 23.5 Å². The maximum Gasteiger partial charge on any atom is 0.260 e. The highest BCUT2D eigenvalue weighted by Crippen LogP contribution is 2.30. The third-order valence-electron chi connectivity index (χ3n) is 6.40. The number of amides is 1. The largest absolute Gasteiger partial charge is 0.379 e. The Bertz CT molecular complexity index is 1400. The first-order chi connectivity index (χ1) is 18.9. The zero-order valence-corrected chi connectivity index (χ0v) is 23.2. The number of hydrogen-bond donors (Lipinski definition) is 0. The number of thiazole rings is 1. The molecule has 39 heavy (non-hydrogen) atoms. The molecule has 1 saturated heterocycles. The number of anilines is 1. The Labute approximate surface area is 232 Å². The summed E-state index contributed by atoms with van der Waals surface area (Å²) >= 11 is 1.45. The number of ether oxygens (including phenoxy) is 1. The zero-order chi connectivity index (χ0) is 27.7. The average molecular weight is 567 g/mol. The minimum absolute atomic E-state index is 0.00424. The van der Waals surface area contributed by atoms with Gasteiger partial charge in [0.05, 0.1) is 40.5 Å². The van der Waals surface area contributed by atoms with Gasteiger partial charge in [0.2, 0.25) is 10.0 Å². The van der Waals surface area contributed by atoms with Crippen LogP contribution in [0, 0.1) is 22.7 Å². The van der Waals surface area contributed by atoms with Crippen molar-refractivity contribution in [2.45, 2.75) is 24.2 Å². The summed E-state index contributed by atoms with van der Waals surface area (Å²) in [6.45, 7) is 4.43.